The van der Waals surface area contributed by atoms with Crippen molar-refractivity contribution in [1.82, 2.24) is 4.90 Å². The maximum absolute atomic E-state index is 11.6. The zero-order valence-corrected chi connectivity index (χ0v) is 8.85. The highest BCUT2D eigenvalue weighted by atomic mass is 16.5. The number of ether oxygens (including phenoxy) is 2. The van der Waals surface area contributed by atoms with Crippen LogP contribution in [0.3, 0.4) is 0 Å². The van der Waals surface area contributed by atoms with Crippen LogP contribution >= 0.6 is 0 Å². The Kier molecular flexibility index (Phi) is 3.56. The summed E-state index contributed by atoms with van der Waals surface area (Å²) in [5.74, 6) is 0.0683. The lowest BCUT2D eigenvalue weighted by Gasteiger charge is -2.33. The van der Waals surface area contributed by atoms with E-state index >= 15 is 0 Å². The van der Waals surface area contributed by atoms with Crippen molar-refractivity contribution in [2.45, 2.75) is 25.0 Å². The first-order valence-corrected chi connectivity index (χ1v) is 5.48. The second-order valence-electron chi connectivity index (χ2n) is 4.16. The summed E-state index contributed by atoms with van der Waals surface area (Å²) in [6.45, 7) is 2.84. The lowest BCUT2D eigenvalue weighted by molar-refractivity contribution is -0.144. The molecule has 0 spiro atoms. The van der Waals surface area contributed by atoms with Gasteiger partial charge in [0, 0.05) is 19.1 Å². The molecule has 1 heterocycles. The van der Waals surface area contributed by atoms with Crippen LogP contribution in [0, 0.1) is 0 Å². The van der Waals surface area contributed by atoms with E-state index in [1.54, 1.807) is 4.90 Å². The van der Waals surface area contributed by atoms with Crippen LogP contribution < -0.4 is 5.73 Å². The van der Waals surface area contributed by atoms with Gasteiger partial charge in [-0.2, -0.15) is 0 Å². The van der Waals surface area contributed by atoms with Crippen LogP contribution in [0.2, 0.25) is 0 Å². The summed E-state index contributed by atoms with van der Waals surface area (Å²) >= 11 is 0. The Labute approximate surface area is 89.5 Å². The first-order chi connectivity index (χ1) is 7.25. The Hall–Kier alpha value is -0.650. The number of carbonyl (C=O) groups excluding carboxylic acids is 1. The molecule has 0 aromatic carbocycles. The van der Waals surface area contributed by atoms with Gasteiger partial charge in [0.05, 0.1) is 19.3 Å². The molecule has 1 aliphatic carbocycles. The summed E-state index contributed by atoms with van der Waals surface area (Å²) < 4.78 is 10.6. The molecule has 1 saturated carbocycles. The summed E-state index contributed by atoms with van der Waals surface area (Å²) in [6.07, 6.45) is 1.97. The van der Waals surface area contributed by atoms with Crippen LogP contribution in [-0.2, 0) is 14.3 Å². The molecule has 86 valence electrons. The van der Waals surface area contributed by atoms with Gasteiger partial charge in [-0.3, -0.25) is 4.79 Å². The monoisotopic (exact) mass is 214 g/mol. The maximum Gasteiger partial charge on any atom is 0.248 e. The third kappa shape index (κ3) is 2.90. The van der Waals surface area contributed by atoms with Crippen molar-refractivity contribution >= 4 is 5.91 Å². The first-order valence-electron chi connectivity index (χ1n) is 5.48. The van der Waals surface area contributed by atoms with Crippen molar-refractivity contribution < 1.29 is 14.3 Å². The highest BCUT2D eigenvalue weighted by Crippen LogP contribution is 2.20. The predicted octanol–water partition coefficient (Wildman–Crippen LogP) is -0.649. The summed E-state index contributed by atoms with van der Waals surface area (Å²) in [6, 6.07) is 0.272. The van der Waals surface area contributed by atoms with Gasteiger partial charge in [0.25, 0.3) is 0 Å². The molecule has 0 radical (unpaired) electrons. The van der Waals surface area contributed by atoms with Gasteiger partial charge in [0.1, 0.15) is 6.61 Å². The fourth-order valence-electron chi connectivity index (χ4n) is 1.84. The van der Waals surface area contributed by atoms with Crippen LogP contribution in [0.1, 0.15) is 12.8 Å². The van der Waals surface area contributed by atoms with Crippen LogP contribution in [0.5, 0.6) is 0 Å². The zero-order valence-electron chi connectivity index (χ0n) is 8.85. The van der Waals surface area contributed by atoms with Gasteiger partial charge in [-0.25, -0.2) is 0 Å². The number of hydrogen-bond donors (Lipinski definition) is 1. The summed E-state index contributed by atoms with van der Waals surface area (Å²) in [4.78, 5) is 13.4. The topological polar surface area (TPSA) is 64.8 Å². The lowest BCUT2D eigenvalue weighted by atomic mass is 9.90. The SMILES string of the molecule is NC1CC(OCC(=O)N2CCOCC2)C1. The summed E-state index contributed by atoms with van der Waals surface area (Å²) in [7, 11) is 0. The Morgan fingerprint density at radius 2 is 2.07 bits per heavy atom. The number of nitrogens with two attached hydrogens (primary N) is 1. The molecule has 1 aliphatic heterocycles. The van der Waals surface area contributed by atoms with Gasteiger partial charge < -0.3 is 20.1 Å². The molecular weight excluding hydrogens is 196 g/mol. The molecule has 5 nitrogen and oxygen atoms in total. The van der Waals surface area contributed by atoms with Crippen molar-refractivity contribution in [3.05, 3.63) is 0 Å². The number of nitrogens with zero attached hydrogens (tertiary/aromatic N) is 1. The number of amides is 1. The van der Waals surface area contributed by atoms with E-state index in [0.717, 1.165) is 12.8 Å². The van der Waals surface area contributed by atoms with E-state index in [4.69, 9.17) is 15.2 Å². The van der Waals surface area contributed by atoms with Crippen molar-refractivity contribution in [2.75, 3.05) is 32.9 Å². The number of carbonyl (C=O) groups is 1. The molecule has 5 heteroatoms. The largest absolute Gasteiger partial charge is 0.378 e. The number of rotatable bonds is 3. The van der Waals surface area contributed by atoms with Crippen LogP contribution in [0.4, 0.5) is 0 Å². The minimum Gasteiger partial charge on any atom is -0.378 e. The minimum absolute atomic E-state index is 0.0683. The maximum atomic E-state index is 11.6. The minimum atomic E-state index is 0.0683. The van der Waals surface area contributed by atoms with E-state index in [1.807, 2.05) is 0 Å². The van der Waals surface area contributed by atoms with E-state index in [9.17, 15) is 4.79 Å². The lowest BCUT2D eigenvalue weighted by Crippen LogP contribution is -2.46. The Morgan fingerprint density at radius 3 is 2.67 bits per heavy atom. The molecular formula is C10H18N2O3. The van der Waals surface area contributed by atoms with E-state index in [1.165, 1.54) is 0 Å². The molecule has 0 unspecified atom stereocenters. The standard InChI is InChI=1S/C10H18N2O3/c11-8-5-9(6-8)15-7-10(13)12-1-3-14-4-2-12/h8-9H,1-7,11H2. The van der Waals surface area contributed by atoms with Gasteiger partial charge in [-0.1, -0.05) is 0 Å². The van der Waals surface area contributed by atoms with E-state index in [0.29, 0.717) is 26.3 Å². The van der Waals surface area contributed by atoms with Gasteiger partial charge in [-0.15, -0.1) is 0 Å². The van der Waals surface area contributed by atoms with E-state index in [-0.39, 0.29) is 24.7 Å². The third-order valence-corrected chi connectivity index (χ3v) is 2.94. The van der Waals surface area contributed by atoms with E-state index in [2.05, 4.69) is 0 Å². The molecule has 2 N–H and O–H groups in total. The highest BCUT2D eigenvalue weighted by Gasteiger charge is 2.28. The Morgan fingerprint density at radius 1 is 1.40 bits per heavy atom. The fraction of sp³-hybridized carbons (Fsp3) is 0.900. The molecule has 1 amide bonds. The second kappa shape index (κ2) is 4.92. The molecule has 0 bridgehead atoms. The first kappa shape index (κ1) is 10.9. The van der Waals surface area contributed by atoms with Crippen molar-refractivity contribution in [3.63, 3.8) is 0 Å². The normalized spacial score (nSPS) is 31.1. The fourth-order valence-corrected chi connectivity index (χ4v) is 1.84. The quantitative estimate of drug-likeness (QED) is 0.678. The average Bonchev–Trinajstić information content (AvgIpc) is 2.23. The molecule has 0 aromatic rings. The number of hydrogen-bond acceptors (Lipinski definition) is 4. The molecule has 0 atom stereocenters. The smallest absolute Gasteiger partial charge is 0.248 e. The molecule has 1 saturated heterocycles. The predicted molar refractivity (Wildman–Crippen MR) is 54.3 cm³/mol. The highest BCUT2D eigenvalue weighted by molar-refractivity contribution is 5.77. The van der Waals surface area contributed by atoms with Crippen molar-refractivity contribution in [3.8, 4) is 0 Å². The molecule has 2 fully saturated rings. The Balaban J connectivity index is 1.63. The van der Waals surface area contributed by atoms with Gasteiger partial charge in [-0.05, 0) is 12.8 Å². The molecule has 2 aliphatic rings. The average molecular weight is 214 g/mol. The second-order valence-corrected chi connectivity index (χ2v) is 4.16. The van der Waals surface area contributed by atoms with Gasteiger partial charge in [0.15, 0.2) is 0 Å². The summed E-state index contributed by atoms with van der Waals surface area (Å²) in [5, 5.41) is 0. The van der Waals surface area contributed by atoms with Gasteiger partial charge in [0.2, 0.25) is 5.91 Å². The van der Waals surface area contributed by atoms with E-state index < -0.39 is 0 Å². The van der Waals surface area contributed by atoms with Crippen LogP contribution in [-0.4, -0.2) is 55.9 Å². The molecule has 15 heavy (non-hydrogen) atoms. The van der Waals surface area contributed by atoms with Crippen molar-refractivity contribution in [2.24, 2.45) is 5.73 Å². The van der Waals surface area contributed by atoms with Crippen molar-refractivity contribution in [1.29, 1.82) is 0 Å². The molecule has 2 rings (SSSR count). The number of morpholine rings is 1. The molecule has 0 aromatic heterocycles. The third-order valence-electron chi connectivity index (χ3n) is 2.94. The zero-order chi connectivity index (χ0) is 10.7. The van der Waals surface area contributed by atoms with Crippen LogP contribution in [0.25, 0.3) is 0 Å². The van der Waals surface area contributed by atoms with Crippen LogP contribution in [0.15, 0.2) is 0 Å². The summed E-state index contributed by atoms with van der Waals surface area (Å²) in [5.41, 5.74) is 5.63. The Bertz CT molecular complexity index is 223. The van der Waals surface area contributed by atoms with Gasteiger partial charge >= 0.3 is 0 Å².